The van der Waals surface area contributed by atoms with Crippen LogP contribution in [0.25, 0.3) is 0 Å². The average molecular weight is 310 g/mol. The molecule has 3 atom stereocenters. The van der Waals surface area contributed by atoms with Crippen LogP contribution in [-0.2, 0) is 14.6 Å². The van der Waals surface area contributed by atoms with Crippen molar-refractivity contribution in [2.45, 2.75) is 102 Å². The second-order valence-corrected chi connectivity index (χ2v) is 7.00. The fourth-order valence-corrected chi connectivity index (χ4v) is 3.53. The Morgan fingerprint density at radius 3 is 2.32 bits per heavy atom. The minimum absolute atomic E-state index is 0.398. The quantitative estimate of drug-likeness (QED) is 0.730. The first-order chi connectivity index (χ1) is 10.8. The van der Waals surface area contributed by atoms with Gasteiger partial charge in [0.15, 0.2) is 0 Å². The zero-order valence-electron chi connectivity index (χ0n) is 14.1. The van der Waals surface area contributed by atoms with Crippen LogP contribution in [0.15, 0.2) is 0 Å². The van der Waals surface area contributed by atoms with Gasteiger partial charge < -0.3 is 9.47 Å². The smallest absolute Gasteiger partial charge is 0.116 e. The van der Waals surface area contributed by atoms with E-state index in [2.05, 4.69) is 6.42 Å². The van der Waals surface area contributed by atoms with Crippen LogP contribution in [0.5, 0.6) is 0 Å². The van der Waals surface area contributed by atoms with Crippen LogP contribution in [0.2, 0.25) is 0 Å². The molecular formula is C19H34O3. The van der Waals surface area contributed by atoms with Gasteiger partial charge in [-0.3, -0.25) is 0 Å². The Kier molecular flexibility index (Phi) is 9.46. The number of hydrogen-bond donors (Lipinski definition) is 0. The van der Waals surface area contributed by atoms with Gasteiger partial charge in [0.25, 0.3) is 0 Å². The molecule has 22 heavy (non-hydrogen) atoms. The van der Waals surface area contributed by atoms with E-state index in [9.17, 15) is 5.11 Å². The highest BCUT2D eigenvalue weighted by molar-refractivity contribution is 4.83. The van der Waals surface area contributed by atoms with Crippen molar-refractivity contribution in [3.8, 4) is 0 Å². The van der Waals surface area contributed by atoms with Gasteiger partial charge in [-0.05, 0) is 51.4 Å². The molecule has 3 heteroatoms. The minimum atomic E-state index is -0.513. The highest BCUT2D eigenvalue weighted by Crippen LogP contribution is 2.24. The van der Waals surface area contributed by atoms with E-state index in [1.807, 2.05) is 0 Å². The van der Waals surface area contributed by atoms with Crippen molar-refractivity contribution in [2.24, 2.45) is 0 Å². The van der Waals surface area contributed by atoms with Crippen molar-refractivity contribution in [2.75, 3.05) is 13.2 Å². The minimum Gasteiger partial charge on any atom is -0.379 e. The van der Waals surface area contributed by atoms with Crippen molar-refractivity contribution in [3.05, 3.63) is 6.42 Å². The average Bonchev–Trinajstić information content (AvgIpc) is 2.54. The Morgan fingerprint density at radius 1 is 0.818 bits per heavy atom. The lowest BCUT2D eigenvalue weighted by atomic mass is 9.96. The summed E-state index contributed by atoms with van der Waals surface area (Å²) in [5.41, 5.74) is 0. The Morgan fingerprint density at radius 2 is 1.55 bits per heavy atom. The first-order valence-corrected chi connectivity index (χ1v) is 9.57. The highest BCUT2D eigenvalue weighted by Gasteiger charge is 2.19. The van der Waals surface area contributed by atoms with Gasteiger partial charge in [-0.2, -0.15) is 0 Å². The van der Waals surface area contributed by atoms with Gasteiger partial charge in [-0.1, -0.05) is 38.5 Å². The molecule has 0 aromatic carbocycles. The van der Waals surface area contributed by atoms with Crippen LogP contribution in [0.3, 0.4) is 0 Å². The van der Waals surface area contributed by atoms with E-state index in [1.54, 1.807) is 0 Å². The maximum Gasteiger partial charge on any atom is 0.116 e. The maximum atomic E-state index is 11.7. The van der Waals surface area contributed by atoms with E-state index in [1.165, 1.54) is 51.4 Å². The first kappa shape index (κ1) is 18.2. The summed E-state index contributed by atoms with van der Waals surface area (Å²) in [5, 5.41) is 11.7. The van der Waals surface area contributed by atoms with E-state index in [0.717, 1.165) is 38.7 Å². The van der Waals surface area contributed by atoms with Crippen LogP contribution in [0, 0.1) is 6.42 Å². The molecular weight excluding hydrogens is 276 g/mol. The van der Waals surface area contributed by atoms with E-state index >= 15 is 0 Å². The number of hydrogen-bond acceptors (Lipinski definition) is 2. The Hall–Kier alpha value is -0.120. The summed E-state index contributed by atoms with van der Waals surface area (Å²) in [6.07, 6.45) is 17.8. The Balaban J connectivity index is 1.71. The molecule has 1 aliphatic carbocycles. The third-order valence-electron chi connectivity index (χ3n) is 4.91. The lowest BCUT2D eigenvalue weighted by molar-refractivity contribution is -0.0241. The largest absolute Gasteiger partial charge is 0.379 e. The van der Waals surface area contributed by atoms with Crippen molar-refractivity contribution >= 4 is 0 Å². The summed E-state index contributed by atoms with van der Waals surface area (Å²) in [6, 6.07) is 0. The summed E-state index contributed by atoms with van der Waals surface area (Å²) in [7, 11) is 0. The van der Waals surface area contributed by atoms with Crippen molar-refractivity contribution < 1.29 is 14.6 Å². The van der Waals surface area contributed by atoms with Crippen molar-refractivity contribution in [3.63, 3.8) is 0 Å². The zero-order valence-corrected chi connectivity index (χ0v) is 14.1. The molecule has 128 valence electrons. The fourth-order valence-electron chi connectivity index (χ4n) is 3.53. The standard InChI is InChI=1S/C19H34O3/c20-17-10-4-1-2-5-11-19(14-8-9-15-21-16-17)22-18-12-6-3-7-13-18/h12,17-19H,1-11,13-16H2. The van der Waals surface area contributed by atoms with Gasteiger partial charge in [0, 0.05) is 6.61 Å². The van der Waals surface area contributed by atoms with E-state index in [0.29, 0.717) is 18.8 Å². The molecule has 0 aromatic heterocycles. The highest BCUT2D eigenvalue weighted by atomic mass is 16.5. The zero-order chi connectivity index (χ0) is 15.5. The molecule has 1 saturated carbocycles. The first-order valence-electron chi connectivity index (χ1n) is 9.57. The van der Waals surface area contributed by atoms with Crippen LogP contribution in [-0.4, -0.2) is 31.5 Å². The van der Waals surface area contributed by atoms with Gasteiger partial charge in [0.2, 0.25) is 0 Å². The molecule has 2 aliphatic rings. The van der Waals surface area contributed by atoms with Gasteiger partial charge in [0.05, 0.1) is 18.8 Å². The van der Waals surface area contributed by atoms with Gasteiger partial charge >= 0.3 is 0 Å². The SMILES string of the molecule is [O]C1CCCCCCC(OC2[CH]CCCC2)CCCCOC1. The van der Waals surface area contributed by atoms with Crippen LogP contribution in [0.1, 0.15) is 83.5 Å². The van der Waals surface area contributed by atoms with Crippen LogP contribution < -0.4 is 0 Å². The third kappa shape index (κ3) is 7.94. The molecule has 0 spiro atoms. The summed E-state index contributed by atoms with van der Waals surface area (Å²) in [4.78, 5) is 0. The molecule has 3 nitrogen and oxygen atoms in total. The molecule has 0 amide bonds. The lowest BCUT2D eigenvalue weighted by Crippen LogP contribution is -2.25. The van der Waals surface area contributed by atoms with E-state index in [4.69, 9.17) is 9.47 Å². The van der Waals surface area contributed by atoms with Crippen LogP contribution in [0.4, 0.5) is 0 Å². The second kappa shape index (κ2) is 11.4. The molecule has 0 N–H and O–H groups in total. The predicted molar refractivity (Wildman–Crippen MR) is 88.3 cm³/mol. The Bertz CT molecular complexity index is 247. The van der Waals surface area contributed by atoms with E-state index < -0.39 is 6.10 Å². The molecule has 0 bridgehead atoms. The summed E-state index contributed by atoms with van der Waals surface area (Å²) < 4.78 is 11.9. The summed E-state index contributed by atoms with van der Waals surface area (Å²) in [5.74, 6) is 0. The molecule has 1 aliphatic heterocycles. The van der Waals surface area contributed by atoms with Crippen molar-refractivity contribution in [1.29, 1.82) is 0 Å². The molecule has 2 fully saturated rings. The third-order valence-corrected chi connectivity index (χ3v) is 4.91. The monoisotopic (exact) mass is 310 g/mol. The molecule has 1 saturated heterocycles. The van der Waals surface area contributed by atoms with Crippen LogP contribution >= 0.6 is 0 Å². The lowest BCUT2D eigenvalue weighted by Gasteiger charge is -2.28. The van der Waals surface area contributed by atoms with E-state index in [-0.39, 0.29) is 0 Å². The molecule has 2 rings (SSSR count). The predicted octanol–water partition coefficient (Wildman–Crippen LogP) is 4.86. The second-order valence-electron chi connectivity index (χ2n) is 7.00. The topological polar surface area (TPSA) is 38.4 Å². The normalized spacial score (nSPS) is 31.5. The Labute approximate surface area is 136 Å². The van der Waals surface area contributed by atoms with Gasteiger partial charge in [-0.15, -0.1) is 0 Å². The number of ether oxygens (including phenoxy) is 2. The van der Waals surface area contributed by atoms with Gasteiger partial charge in [-0.25, -0.2) is 5.11 Å². The fraction of sp³-hybridized carbons (Fsp3) is 0.947. The molecule has 3 unspecified atom stereocenters. The summed E-state index contributed by atoms with van der Waals surface area (Å²) in [6.45, 7) is 1.14. The molecule has 1 heterocycles. The van der Waals surface area contributed by atoms with Gasteiger partial charge in [0.1, 0.15) is 6.10 Å². The summed E-state index contributed by atoms with van der Waals surface area (Å²) >= 11 is 0. The van der Waals surface area contributed by atoms with Crippen molar-refractivity contribution in [1.82, 2.24) is 0 Å². The molecule has 0 aromatic rings. The maximum absolute atomic E-state index is 11.7. The number of rotatable bonds is 2. The molecule has 2 radical (unpaired) electrons.